The van der Waals surface area contributed by atoms with Crippen LogP contribution in [-0.2, 0) is 6.54 Å². The van der Waals surface area contributed by atoms with Gasteiger partial charge < -0.3 is 9.88 Å². The summed E-state index contributed by atoms with van der Waals surface area (Å²) in [7, 11) is 0. The Hall–Kier alpha value is -1.36. The van der Waals surface area contributed by atoms with Crippen LogP contribution in [0.15, 0.2) is 24.1 Å². The van der Waals surface area contributed by atoms with Crippen LogP contribution in [0.2, 0.25) is 0 Å². The SMILES string of the molecule is CCNc1nccn1Cc1cncs1. The molecular weight excluding hydrogens is 196 g/mol. The number of thiazole rings is 1. The molecule has 2 heterocycles. The average molecular weight is 208 g/mol. The van der Waals surface area contributed by atoms with Crippen LogP contribution in [0.1, 0.15) is 11.8 Å². The molecule has 5 heteroatoms. The maximum absolute atomic E-state index is 4.22. The Morgan fingerprint density at radius 1 is 1.57 bits per heavy atom. The Labute approximate surface area is 86.6 Å². The molecule has 0 bridgehead atoms. The lowest BCUT2D eigenvalue weighted by Crippen LogP contribution is -2.06. The monoisotopic (exact) mass is 208 g/mol. The van der Waals surface area contributed by atoms with Gasteiger partial charge in [0, 0.05) is 30.0 Å². The van der Waals surface area contributed by atoms with Crippen molar-refractivity contribution < 1.29 is 0 Å². The largest absolute Gasteiger partial charge is 0.356 e. The molecule has 0 amide bonds. The minimum Gasteiger partial charge on any atom is -0.356 e. The number of rotatable bonds is 4. The first kappa shape index (κ1) is 9.21. The van der Waals surface area contributed by atoms with E-state index in [-0.39, 0.29) is 0 Å². The maximum Gasteiger partial charge on any atom is 0.203 e. The minimum atomic E-state index is 0.840. The third kappa shape index (κ3) is 1.93. The fourth-order valence-corrected chi connectivity index (χ4v) is 1.84. The number of hydrogen-bond acceptors (Lipinski definition) is 4. The van der Waals surface area contributed by atoms with E-state index < -0.39 is 0 Å². The number of hydrogen-bond donors (Lipinski definition) is 1. The number of nitrogens with zero attached hydrogens (tertiary/aromatic N) is 3. The van der Waals surface area contributed by atoms with Crippen molar-refractivity contribution in [1.29, 1.82) is 0 Å². The summed E-state index contributed by atoms with van der Waals surface area (Å²) >= 11 is 1.66. The molecule has 1 N–H and O–H groups in total. The molecule has 2 aromatic heterocycles. The molecule has 0 aromatic carbocycles. The van der Waals surface area contributed by atoms with Gasteiger partial charge >= 0.3 is 0 Å². The van der Waals surface area contributed by atoms with E-state index in [1.54, 1.807) is 17.5 Å². The molecule has 4 nitrogen and oxygen atoms in total. The van der Waals surface area contributed by atoms with Crippen molar-refractivity contribution in [3.63, 3.8) is 0 Å². The maximum atomic E-state index is 4.22. The lowest BCUT2D eigenvalue weighted by Gasteiger charge is -2.06. The Balaban J connectivity index is 2.12. The molecule has 14 heavy (non-hydrogen) atoms. The lowest BCUT2D eigenvalue weighted by molar-refractivity contribution is 0.810. The molecule has 0 aliphatic rings. The third-order valence-electron chi connectivity index (χ3n) is 1.86. The zero-order chi connectivity index (χ0) is 9.80. The summed E-state index contributed by atoms with van der Waals surface area (Å²) in [6.07, 6.45) is 5.66. The van der Waals surface area contributed by atoms with Gasteiger partial charge in [0.1, 0.15) is 0 Å². The highest BCUT2D eigenvalue weighted by Gasteiger charge is 2.02. The van der Waals surface area contributed by atoms with Crippen LogP contribution in [0.25, 0.3) is 0 Å². The third-order valence-corrected chi connectivity index (χ3v) is 2.62. The van der Waals surface area contributed by atoms with Gasteiger partial charge in [0.2, 0.25) is 5.95 Å². The predicted molar refractivity (Wildman–Crippen MR) is 57.6 cm³/mol. The van der Waals surface area contributed by atoms with Gasteiger partial charge in [-0.2, -0.15) is 0 Å². The number of imidazole rings is 1. The fourth-order valence-electron chi connectivity index (χ4n) is 1.25. The Kier molecular flexibility index (Phi) is 2.78. The first-order valence-corrected chi connectivity index (χ1v) is 5.40. The topological polar surface area (TPSA) is 42.7 Å². The minimum absolute atomic E-state index is 0.840. The van der Waals surface area contributed by atoms with E-state index in [9.17, 15) is 0 Å². The normalized spacial score (nSPS) is 10.4. The molecule has 2 rings (SSSR count). The van der Waals surface area contributed by atoms with Gasteiger partial charge in [-0.25, -0.2) is 4.98 Å². The molecule has 0 saturated carbocycles. The van der Waals surface area contributed by atoms with Crippen LogP contribution in [0.3, 0.4) is 0 Å². The fraction of sp³-hybridized carbons (Fsp3) is 0.333. The predicted octanol–water partition coefficient (Wildman–Crippen LogP) is 1.82. The standard InChI is InChI=1S/C9H12N4S/c1-2-11-9-12-3-4-13(9)6-8-5-10-7-14-8/h3-5,7H,2,6H2,1H3,(H,11,12). The number of nitrogens with one attached hydrogen (secondary N) is 1. The molecule has 0 unspecified atom stereocenters. The summed E-state index contributed by atoms with van der Waals surface area (Å²) in [5, 5.41) is 3.20. The van der Waals surface area contributed by atoms with E-state index in [4.69, 9.17) is 0 Å². The van der Waals surface area contributed by atoms with Gasteiger partial charge in [0.15, 0.2) is 0 Å². The molecule has 0 atom stereocenters. The van der Waals surface area contributed by atoms with Crippen LogP contribution in [0.4, 0.5) is 5.95 Å². The van der Waals surface area contributed by atoms with Crippen molar-refractivity contribution in [2.75, 3.05) is 11.9 Å². The zero-order valence-electron chi connectivity index (χ0n) is 7.97. The summed E-state index contributed by atoms with van der Waals surface area (Å²) in [5.74, 6) is 0.918. The zero-order valence-corrected chi connectivity index (χ0v) is 8.79. The summed E-state index contributed by atoms with van der Waals surface area (Å²) < 4.78 is 2.08. The average Bonchev–Trinajstić information content (AvgIpc) is 2.80. The van der Waals surface area contributed by atoms with E-state index in [1.165, 1.54) is 4.88 Å². The molecule has 0 saturated heterocycles. The van der Waals surface area contributed by atoms with E-state index in [0.29, 0.717) is 0 Å². The second-order valence-corrected chi connectivity index (χ2v) is 3.85. The second-order valence-electron chi connectivity index (χ2n) is 2.88. The molecular formula is C9H12N4S. The molecule has 0 spiro atoms. The van der Waals surface area contributed by atoms with Crippen LogP contribution in [-0.4, -0.2) is 21.1 Å². The molecule has 74 valence electrons. The molecule has 0 fully saturated rings. The van der Waals surface area contributed by atoms with Gasteiger partial charge in [0.05, 0.1) is 12.1 Å². The van der Waals surface area contributed by atoms with Gasteiger partial charge in [-0.15, -0.1) is 11.3 Å². The quantitative estimate of drug-likeness (QED) is 0.833. The highest BCUT2D eigenvalue weighted by molar-refractivity contribution is 7.09. The van der Waals surface area contributed by atoms with Crippen molar-refractivity contribution >= 4 is 17.3 Å². The molecule has 0 aliphatic carbocycles. The van der Waals surface area contributed by atoms with Crippen molar-refractivity contribution in [2.45, 2.75) is 13.5 Å². The summed E-state index contributed by atoms with van der Waals surface area (Å²) in [6, 6.07) is 0. The highest BCUT2D eigenvalue weighted by Crippen LogP contribution is 2.11. The second kappa shape index (κ2) is 4.23. The van der Waals surface area contributed by atoms with Crippen LogP contribution >= 0.6 is 11.3 Å². The summed E-state index contributed by atoms with van der Waals surface area (Å²) in [4.78, 5) is 9.50. The van der Waals surface area contributed by atoms with Gasteiger partial charge in [-0.05, 0) is 6.92 Å². The Bertz CT molecular complexity index is 379. The number of anilines is 1. The molecule has 0 radical (unpaired) electrons. The van der Waals surface area contributed by atoms with Crippen LogP contribution < -0.4 is 5.32 Å². The van der Waals surface area contributed by atoms with E-state index >= 15 is 0 Å². The summed E-state index contributed by atoms with van der Waals surface area (Å²) in [6.45, 7) is 3.79. The van der Waals surface area contributed by atoms with Crippen molar-refractivity contribution in [2.24, 2.45) is 0 Å². The van der Waals surface area contributed by atoms with E-state index in [1.807, 2.05) is 17.9 Å². The van der Waals surface area contributed by atoms with Crippen molar-refractivity contribution in [3.8, 4) is 0 Å². The highest BCUT2D eigenvalue weighted by atomic mass is 32.1. The van der Waals surface area contributed by atoms with Gasteiger partial charge in [-0.3, -0.25) is 4.98 Å². The van der Waals surface area contributed by atoms with E-state index in [2.05, 4.69) is 26.8 Å². The molecule has 0 aliphatic heterocycles. The Morgan fingerprint density at radius 2 is 2.50 bits per heavy atom. The first-order chi connectivity index (χ1) is 6.90. The smallest absolute Gasteiger partial charge is 0.203 e. The first-order valence-electron chi connectivity index (χ1n) is 4.52. The Morgan fingerprint density at radius 3 is 3.21 bits per heavy atom. The van der Waals surface area contributed by atoms with Crippen LogP contribution in [0.5, 0.6) is 0 Å². The lowest BCUT2D eigenvalue weighted by atomic mass is 10.5. The molecule has 2 aromatic rings. The number of aromatic nitrogens is 3. The van der Waals surface area contributed by atoms with Gasteiger partial charge in [-0.1, -0.05) is 0 Å². The van der Waals surface area contributed by atoms with Crippen molar-refractivity contribution in [1.82, 2.24) is 14.5 Å². The van der Waals surface area contributed by atoms with Crippen molar-refractivity contribution in [3.05, 3.63) is 29.0 Å². The summed E-state index contributed by atoms with van der Waals surface area (Å²) in [5.41, 5.74) is 1.85. The van der Waals surface area contributed by atoms with Crippen LogP contribution in [0, 0.1) is 0 Å². The van der Waals surface area contributed by atoms with E-state index in [0.717, 1.165) is 19.0 Å². The van der Waals surface area contributed by atoms with Gasteiger partial charge in [0.25, 0.3) is 0 Å².